The van der Waals surface area contributed by atoms with Crippen molar-refractivity contribution in [3.8, 4) is 5.88 Å². The van der Waals surface area contributed by atoms with Crippen molar-refractivity contribution in [2.45, 2.75) is 18.5 Å². The van der Waals surface area contributed by atoms with Gasteiger partial charge in [-0.05, 0) is 23.7 Å². The van der Waals surface area contributed by atoms with E-state index in [0.717, 1.165) is 11.6 Å². The van der Waals surface area contributed by atoms with E-state index in [2.05, 4.69) is 9.97 Å². The van der Waals surface area contributed by atoms with E-state index in [1.165, 1.54) is 6.07 Å². The van der Waals surface area contributed by atoms with Crippen molar-refractivity contribution in [1.82, 2.24) is 9.97 Å². The first-order chi connectivity index (χ1) is 9.50. The molecule has 106 valence electrons. The van der Waals surface area contributed by atoms with Crippen molar-refractivity contribution in [2.24, 2.45) is 5.73 Å². The number of nitrogens with zero attached hydrogens (tertiary/aromatic N) is 2. The van der Waals surface area contributed by atoms with Crippen LogP contribution >= 0.6 is 11.6 Å². The highest BCUT2D eigenvalue weighted by Gasteiger charge is 2.30. The summed E-state index contributed by atoms with van der Waals surface area (Å²) in [6, 6.07) is 6.11. The third-order valence-electron chi connectivity index (χ3n) is 2.55. The van der Waals surface area contributed by atoms with Crippen LogP contribution in [0.5, 0.6) is 5.88 Å². The predicted octanol–water partition coefficient (Wildman–Crippen LogP) is 2.80. The first-order valence-electron chi connectivity index (χ1n) is 5.79. The van der Waals surface area contributed by atoms with E-state index in [1.807, 2.05) is 0 Å². The minimum atomic E-state index is -3.54. The fraction of sp³-hybridized carbons (Fsp3) is 0.231. The molecule has 0 aliphatic heterocycles. The van der Waals surface area contributed by atoms with Crippen molar-refractivity contribution in [2.75, 3.05) is 0 Å². The highest BCUT2D eigenvalue weighted by Crippen LogP contribution is 2.32. The summed E-state index contributed by atoms with van der Waals surface area (Å²) in [4.78, 5) is 7.66. The lowest BCUT2D eigenvalue weighted by molar-refractivity contribution is 0.0887. The van der Waals surface area contributed by atoms with Crippen molar-refractivity contribution in [3.05, 3.63) is 53.5 Å². The average molecular weight is 300 g/mol. The Hall–Kier alpha value is -1.79. The lowest BCUT2D eigenvalue weighted by Crippen LogP contribution is -2.11. The molecule has 4 nitrogen and oxygen atoms in total. The smallest absolute Gasteiger partial charge is 0.364 e. The zero-order valence-corrected chi connectivity index (χ0v) is 11.1. The highest BCUT2D eigenvalue weighted by molar-refractivity contribution is 6.21. The van der Waals surface area contributed by atoms with Crippen LogP contribution in [-0.4, -0.2) is 9.97 Å². The number of nitrogens with two attached hydrogens (primary N) is 1. The van der Waals surface area contributed by atoms with E-state index >= 15 is 0 Å². The van der Waals surface area contributed by atoms with Gasteiger partial charge in [-0.2, -0.15) is 8.78 Å². The van der Waals surface area contributed by atoms with E-state index in [-0.39, 0.29) is 19.0 Å². The fourth-order valence-corrected chi connectivity index (χ4v) is 1.65. The van der Waals surface area contributed by atoms with Crippen LogP contribution in [0.1, 0.15) is 16.8 Å². The van der Waals surface area contributed by atoms with Crippen molar-refractivity contribution < 1.29 is 13.5 Å². The molecule has 0 unspecified atom stereocenters. The summed E-state index contributed by atoms with van der Waals surface area (Å²) in [6.07, 6.45) is 3.24. The molecule has 7 heteroatoms. The van der Waals surface area contributed by atoms with Crippen molar-refractivity contribution in [3.63, 3.8) is 0 Å². The Morgan fingerprint density at radius 2 is 2.10 bits per heavy atom. The topological polar surface area (TPSA) is 61.0 Å². The van der Waals surface area contributed by atoms with Gasteiger partial charge in [0.05, 0.1) is 0 Å². The number of hydrogen-bond donors (Lipinski definition) is 1. The fourth-order valence-electron chi connectivity index (χ4n) is 1.54. The van der Waals surface area contributed by atoms with Crippen LogP contribution in [0.15, 0.2) is 36.7 Å². The lowest BCUT2D eigenvalue weighted by atomic mass is 10.2. The van der Waals surface area contributed by atoms with Gasteiger partial charge < -0.3 is 10.5 Å². The Morgan fingerprint density at radius 3 is 2.70 bits per heavy atom. The molecule has 0 atom stereocenters. The summed E-state index contributed by atoms with van der Waals surface area (Å²) in [6.45, 7) is 0.286. The molecule has 20 heavy (non-hydrogen) atoms. The molecule has 0 bridgehead atoms. The molecule has 0 amide bonds. The lowest BCUT2D eigenvalue weighted by Gasteiger charge is -2.13. The van der Waals surface area contributed by atoms with Crippen molar-refractivity contribution in [1.29, 1.82) is 0 Å². The molecule has 2 aromatic heterocycles. The van der Waals surface area contributed by atoms with E-state index in [1.54, 1.807) is 24.5 Å². The van der Waals surface area contributed by atoms with Crippen LogP contribution in [0.3, 0.4) is 0 Å². The molecule has 0 saturated heterocycles. The van der Waals surface area contributed by atoms with Crippen molar-refractivity contribution >= 4 is 11.6 Å². The van der Waals surface area contributed by atoms with E-state index < -0.39 is 11.1 Å². The second kappa shape index (κ2) is 6.11. The van der Waals surface area contributed by atoms with E-state index in [9.17, 15) is 8.78 Å². The minimum Gasteiger partial charge on any atom is -0.472 e. The first kappa shape index (κ1) is 14.6. The summed E-state index contributed by atoms with van der Waals surface area (Å²) in [5.41, 5.74) is 6.27. The quantitative estimate of drug-likeness (QED) is 0.862. The monoisotopic (exact) mass is 299 g/mol. The molecule has 0 saturated carbocycles. The summed E-state index contributed by atoms with van der Waals surface area (Å²) >= 11 is 4.95. The SMILES string of the molecule is NCc1ccc(C(F)(F)Cl)nc1OCc1cccnc1. The van der Waals surface area contributed by atoms with Gasteiger partial charge in [-0.1, -0.05) is 12.1 Å². The molecule has 2 aromatic rings. The standard InChI is InChI=1S/C13H12ClF2N3O/c14-13(15,16)11-4-3-10(6-17)12(19-11)20-8-9-2-1-5-18-7-9/h1-5,7H,6,8,17H2. The molecule has 0 fully saturated rings. The third kappa shape index (κ3) is 3.61. The van der Waals surface area contributed by atoms with Gasteiger partial charge >= 0.3 is 5.38 Å². The Bertz CT molecular complexity index is 576. The summed E-state index contributed by atoms with van der Waals surface area (Å²) in [7, 11) is 0. The number of aromatic nitrogens is 2. The second-order valence-corrected chi connectivity index (χ2v) is 4.49. The van der Waals surface area contributed by atoms with Crippen LogP contribution in [0.4, 0.5) is 8.78 Å². The molecule has 0 aliphatic rings. The number of hydrogen-bond acceptors (Lipinski definition) is 4. The largest absolute Gasteiger partial charge is 0.472 e. The Kier molecular flexibility index (Phi) is 4.46. The number of halogens is 3. The zero-order chi connectivity index (χ0) is 14.6. The van der Waals surface area contributed by atoms with E-state index in [4.69, 9.17) is 22.1 Å². The van der Waals surface area contributed by atoms with Crippen LogP contribution in [0, 0.1) is 0 Å². The Morgan fingerprint density at radius 1 is 1.30 bits per heavy atom. The maximum absolute atomic E-state index is 13.0. The van der Waals surface area contributed by atoms with Gasteiger partial charge in [0.1, 0.15) is 12.3 Å². The molecular formula is C13H12ClF2N3O. The summed E-state index contributed by atoms with van der Waals surface area (Å²) in [5.74, 6) is 0.0502. The molecule has 2 heterocycles. The minimum absolute atomic E-state index is 0.0502. The molecule has 2 rings (SSSR count). The van der Waals surface area contributed by atoms with Crippen LogP contribution in [0.2, 0.25) is 0 Å². The third-order valence-corrected chi connectivity index (χ3v) is 2.74. The van der Waals surface area contributed by atoms with Gasteiger partial charge in [0, 0.05) is 30.1 Å². The van der Waals surface area contributed by atoms with Gasteiger partial charge in [0.15, 0.2) is 0 Å². The van der Waals surface area contributed by atoms with Crippen LogP contribution < -0.4 is 10.5 Å². The molecule has 0 spiro atoms. The predicted molar refractivity (Wildman–Crippen MR) is 70.4 cm³/mol. The highest BCUT2D eigenvalue weighted by atomic mass is 35.5. The number of pyridine rings is 2. The molecule has 0 radical (unpaired) electrons. The normalized spacial score (nSPS) is 11.4. The van der Waals surface area contributed by atoms with E-state index in [0.29, 0.717) is 5.56 Å². The maximum Gasteiger partial charge on any atom is 0.364 e. The van der Waals surface area contributed by atoms with Gasteiger partial charge in [-0.25, -0.2) is 4.98 Å². The Labute approximate surface area is 119 Å². The molecular weight excluding hydrogens is 288 g/mol. The van der Waals surface area contributed by atoms with Crippen LogP contribution in [-0.2, 0) is 18.5 Å². The van der Waals surface area contributed by atoms with Crippen LogP contribution in [0.25, 0.3) is 0 Å². The van der Waals surface area contributed by atoms with Gasteiger partial charge in [0.2, 0.25) is 5.88 Å². The number of ether oxygens (including phenoxy) is 1. The molecule has 0 aliphatic carbocycles. The molecule has 2 N–H and O–H groups in total. The summed E-state index contributed by atoms with van der Waals surface area (Å²) in [5, 5.41) is -3.54. The first-order valence-corrected chi connectivity index (χ1v) is 6.17. The van der Waals surface area contributed by atoms with Gasteiger partial charge in [-0.3, -0.25) is 4.98 Å². The summed E-state index contributed by atoms with van der Waals surface area (Å²) < 4.78 is 31.5. The maximum atomic E-state index is 13.0. The Balaban J connectivity index is 2.21. The zero-order valence-electron chi connectivity index (χ0n) is 10.4. The molecule has 0 aromatic carbocycles. The van der Waals surface area contributed by atoms with Gasteiger partial charge in [-0.15, -0.1) is 0 Å². The van der Waals surface area contributed by atoms with Gasteiger partial charge in [0.25, 0.3) is 0 Å². The second-order valence-electron chi connectivity index (χ2n) is 4.01. The number of rotatable bonds is 5. The average Bonchev–Trinajstić information content (AvgIpc) is 2.45. The number of alkyl halides is 3.